The third-order valence-corrected chi connectivity index (χ3v) is 8.21. The van der Waals surface area contributed by atoms with Gasteiger partial charge in [0.1, 0.15) is 17.4 Å². The predicted octanol–water partition coefficient (Wildman–Crippen LogP) is 4.09. The highest BCUT2D eigenvalue weighted by molar-refractivity contribution is 6.30. The van der Waals surface area contributed by atoms with Gasteiger partial charge in [0, 0.05) is 61.8 Å². The van der Waals surface area contributed by atoms with Crippen LogP contribution in [-0.2, 0) is 4.79 Å². The van der Waals surface area contributed by atoms with Crippen LogP contribution in [0, 0.1) is 11.7 Å². The van der Waals surface area contributed by atoms with Gasteiger partial charge in [-0.2, -0.15) is 5.10 Å². The van der Waals surface area contributed by atoms with Crippen molar-refractivity contribution in [2.45, 2.75) is 24.8 Å². The number of ether oxygens (including phenoxy) is 1. The van der Waals surface area contributed by atoms with Crippen molar-refractivity contribution in [3.05, 3.63) is 86.9 Å². The van der Waals surface area contributed by atoms with E-state index < -0.39 is 11.7 Å². The van der Waals surface area contributed by atoms with E-state index in [1.165, 1.54) is 24.8 Å². The molecule has 8 nitrogen and oxygen atoms in total. The number of carbonyl (C=O) groups is 1. The molecule has 1 aromatic heterocycles. The number of likely N-dealkylation sites (N-methyl/N-ethyl adjacent to an activating group) is 1. The van der Waals surface area contributed by atoms with Crippen LogP contribution in [0.4, 0.5) is 10.2 Å². The van der Waals surface area contributed by atoms with E-state index in [1.54, 1.807) is 18.2 Å². The van der Waals surface area contributed by atoms with Crippen LogP contribution in [0.25, 0.3) is 0 Å². The maximum Gasteiger partial charge on any atom is 0.264 e. The number of nitrogens with zero attached hydrogens (tertiary/aromatic N) is 4. The minimum Gasteiger partial charge on any atom is -0.497 e. The Kier molecular flexibility index (Phi) is 8.18. The summed E-state index contributed by atoms with van der Waals surface area (Å²) in [5.41, 5.74) is 1.40. The summed E-state index contributed by atoms with van der Waals surface area (Å²) >= 11 is 6.09. The lowest BCUT2D eigenvalue weighted by Gasteiger charge is -2.36. The van der Waals surface area contributed by atoms with Crippen LogP contribution in [0.1, 0.15) is 35.9 Å². The first-order chi connectivity index (χ1) is 18.8. The summed E-state index contributed by atoms with van der Waals surface area (Å²) in [4.78, 5) is 31.8. The average Bonchev–Trinajstić information content (AvgIpc) is 3.37. The van der Waals surface area contributed by atoms with Crippen molar-refractivity contribution in [2.75, 3.05) is 51.8 Å². The number of aromatic nitrogens is 2. The third-order valence-electron chi connectivity index (χ3n) is 7.96. The molecule has 39 heavy (non-hydrogen) atoms. The Morgan fingerprint density at radius 1 is 1.08 bits per heavy atom. The molecular formula is C29H33ClFN5O3. The largest absolute Gasteiger partial charge is 0.497 e. The first kappa shape index (κ1) is 27.1. The molecule has 3 aromatic rings. The maximum atomic E-state index is 15.2. The Morgan fingerprint density at radius 3 is 2.56 bits per heavy atom. The van der Waals surface area contributed by atoms with Crippen molar-refractivity contribution in [2.24, 2.45) is 5.92 Å². The molecular weight excluding hydrogens is 521 g/mol. The smallest absolute Gasteiger partial charge is 0.264 e. The van der Waals surface area contributed by atoms with E-state index in [1.807, 2.05) is 21.9 Å². The number of H-pyrrole nitrogens is 1. The number of anilines is 1. The lowest BCUT2D eigenvalue weighted by molar-refractivity contribution is -0.136. The molecule has 0 saturated carbocycles. The number of rotatable bonds is 5. The molecule has 0 spiro atoms. The van der Waals surface area contributed by atoms with Crippen LogP contribution in [0.2, 0.25) is 5.02 Å². The molecule has 206 valence electrons. The molecule has 1 amide bonds. The monoisotopic (exact) mass is 553 g/mol. The quantitative estimate of drug-likeness (QED) is 0.513. The molecule has 0 radical (unpaired) electrons. The molecule has 10 heteroatoms. The molecule has 3 atom stereocenters. The molecule has 0 bridgehead atoms. The Hall–Kier alpha value is -3.43. The average molecular weight is 554 g/mol. The van der Waals surface area contributed by atoms with Gasteiger partial charge < -0.3 is 14.5 Å². The highest BCUT2D eigenvalue weighted by Gasteiger charge is 2.42. The second-order valence-corrected chi connectivity index (χ2v) is 10.7. The molecule has 0 aliphatic carbocycles. The molecule has 1 N–H and O–H groups in total. The summed E-state index contributed by atoms with van der Waals surface area (Å²) in [6, 6.07) is 16.1. The number of amides is 1. The number of methoxy groups -OCH3 is 1. The van der Waals surface area contributed by atoms with E-state index in [0.29, 0.717) is 43.3 Å². The molecule has 3 heterocycles. The number of hydrogen-bond acceptors (Lipinski definition) is 6. The van der Waals surface area contributed by atoms with E-state index in [9.17, 15) is 9.59 Å². The van der Waals surface area contributed by atoms with Crippen LogP contribution < -0.4 is 15.2 Å². The standard InChI is InChI=1S/C29H33ClFN5O3/c1-34-14-15-35(13-3-4-26(34)19-5-7-20(30)8-6-19)29(38)24-18-36(27-11-12-28(37)33-32-27)17-23(24)22-10-9-21(39-2)16-25(22)31/h5-12,16,23-24,26H,3-4,13-15,17-18H2,1-2H3,(H,33,37)/t23-,24?,26-/m0/s1. The normalized spacial score (nSPS) is 22.4. The molecule has 2 aliphatic rings. The number of nitrogens with one attached hydrogen (secondary N) is 1. The number of aromatic amines is 1. The van der Waals surface area contributed by atoms with Gasteiger partial charge in [0.15, 0.2) is 0 Å². The molecule has 5 rings (SSSR count). The zero-order valence-electron chi connectivity index (χ0n) is 22.1. The van der Waals surface area contributed by atoms with E-state index in [4.69, 9.17) is 16.3 Å². The van der Waals surface area contributed by atoms with Crippen LogP contribution >= 0.6 is 11.6 Å². The minimum atomic E-state index is -0.460. The Morgan fingerprint density at radius 2 is 1.87 bits per heavy atom. The Bertz CT molecular complexity index is 1350. The van der Waals surface area contributed by atoms with Crippen molar-refractivity contribution >= 4 is 23.3 Å². The molecule has 1 unspecified atom stereocenters. The zero-order valence-corrected chi connectivity index (χ0v) is 22.9. The lowest BCUT2D eigenvalue weighted by atomic mass is 9.87. The summed E-state index contributed by atoms with van der Waals surface area (Å²) in [5.74, 6) is -0.229. The van der Waals surface area contributed by atoms with Crippen LogP contribution in [-0.4, -0.2) is 72.8 Å². The fourth-order valence-corrected chi connectivity index (χ4v) is 5.93. The summed E-state index contributed by atoms with van der Waals surface area (Å²) in [6.07, 6.45) is 1.76. The fraction of sp³-hybridized carbons (Fsp3) is 0.414. The highest BCUT2D eigenvalue weighted by Crippen LogP contribution is 2.38. The van der Waals surface area contributed by atoms with Gasteiger partial charge in [-0.15, -0.1) is 0 Å². The second kappa shape index (κ2) is 11.8. The van der Waals surface area contributed by atoms with Crippen molar-refractivity contribution in [1.82, 2.24) is 20.0 Å². The summed E-state index contributed by atoms with van der Waals surface area (Å²) in [5, 5.41) is 7.34. The van der Waals surface area contributed by atoms with Gasteiger partial charge >= 0.3 is 0 Å². The van der Waals surface area contributed by atoms with Gasteiger partial charge in [0.25, 0.3) is 5.56 Å². The highest BCUT2D eigenvalue weighted by atomic mass is 35.5. The van der Waals surface area contributed by atoms with Crippen molar-refractivity contribution in [3.63, 3.8) is 0 Å². The summed E-state index contributed by atoms with van der Waals surface area (Å²) in [6.45, 7) is 2.74. The van der Waals surface area contributed by atoms with Gasteiger partial charge in [0.05, 0.1) is 13.0 Å². The summed E-state index contributed by atoms with van der Waals surface area (Å²) in [7, 11) is 3.58. The fourth-order valence-electron chi connectivity index (χ4n) is 5.81. The molecule has 2 saturated heterocycles. The Balaban J connectivity index is 1.36. The minimum absolute atomic E-state index is 0.0143. The molecule has 2 fully saturated rings. The first-order valence-electron chi connectivity index (χ1n) is 13.2. The van der Waals surface area contributed by atoms with E-state index in [2.05, 4.69) is 34.3 Å². The van der Waals surface area contributed by atoms with Crippen LogP contribution in [0.15, 0.2) is 59.4 Å². The maximum absolute atomic E-state index is 15.2. The number of hydrogen-bond donors (Lipinski definition) is 1. The first-order valence-corrected chi connectivity index (χ1v) is 13.6. The van der Waals surface area contributed by atoms with Gasteiger partial charge in [-0.05, 0) is 55.3 Å². The van der Waals surface area contributed by atoms with Crippen LogP contribution in [0.3, 0.4) is 0 Å². The van der Waals surface area contributed by atoms with Gasteiger partial charge in [-0.25, -0.2) is 9.49 Å². The number of halogens is 2. The van der Waals surface area contributed by atoms with Gasteiger partial charge in [0.2, 0.25) is 5.91 Å². The second-order valence-electron chi connectivity index (χ2n) is 10.3. The Labute approximate surface area is 232 Å². The van der Waals surface area contributed by atoms with E-state index in [0.717, 1.165) is 24.4 Å². The van der Waals surface area contributed by atoms with E-state index in [-0.39, 0.29) is 23.4 Å². The zero-order chi connectivity index (χ0) is 27.5. The predicted molar refractivity (Wildman–Crippen MR) is 149 cm³/mol. The van der Waals surface area contributed by atoms with E-state index >= 15 is 4.39 Å². The van der Waals surface area contributed by atoms with Crippen molar-refractivity contribution < 1.29 is 13.9 Å². The van der Waals surface area contributed by atoms with Gasteiger partial charge in [-0.1, -0.05) is 29.8 Å². The van der Waals surface area contributed by atoms with Crippen LogP contribution in [0.5, 0.6) is 5.75 Å². The van der Waals surface area contributed by atoms with Gasteiger partial charge in [-0.3, -0.25) is 14.5 Å². The topological polar surface area (TPSA) is 81.8 Å². The lowest BCUT2D eigenvalue weighted by Crippen LogP contribution is -2.45. The number of carbonyl (C=O) groups excluding carboxylic acids is 1. The molecule has 2 aliphatic heterocycles. The van der Waals surface area contributed by atoms with Crippen molar-refractivity contribution in [1.29, 1.82) is 0 Å². The third kappa shape index (κ3) is 5.94. The SMILES string of the molecule is COc1ccc([C@@H]2CN(c3ccc(=O)[nH]n3)CC2C(=O)N2CCC[C@@H](c3ccc(Cl)cc3)N(C)CC2)c(F)c1. The van der Waals surface area contributed by atoms with Crippen molar-refractivity contribution in [3.8, 4) is 5.75 Å². The molecule has 2 aromatic carbocycles. The summed E-state index contributed by atoms with van der Waals surface area (Å²) < 4.78 is 20.4. The number of benzene rings is 2.